The van der Waals surface area contributed by atoms with Crippen LogP contribution in [0.2, 0.25) is 0 Å². The van der Waals surface area contributed by atoms with Crippen molar-refractivity contribution < 1.29 is 17.9 Å². The van der Waals surface area contributed by atoms with Crippen LogP contribution in [0.3, 0.4) is 0 Å². The van der Waals surface area contributed by atoms with Gasteiger partial charge >= 0.3 is 5.97 Å². The molecule has 1 spiro atoms. The summed E-state index contributed by atoms with van der Waals surface area (Å²) in [5.41, 5.74) is 3.47. The molecule has 30 heavy (non-hydrogen) atoms. The first-order valence-corrected chi connectivity index (χ1v) is 11.7. The summed E-state index contributed by atoms with van der Waals surface area (Å²) in [6.45, 7) is 8.19. The minimum Gasteiger partial charge on any atom is -0.461 e. The van der Waals surface area contributed by atoms with Crippen LogP contribution in [0.15, 0.2) is 29.2 Å². The minimum absolute atomic E-state index is 0.295. The van der Waals surface area contributed by atoms with E-state index in [1.54, 1.807) is 19.1 Å². The molecular weight excluding hydrogens is 404 g/mol. The Kier molecular flexibility index (Phi) is 5.37. The van der Waals surface area contributed by atoms with Crippen molar-refractivity contribution in [3.05, 3.63) is 46.8 Å². The summed E-state index contributed by atoms with van der Waals surface area (Å²) in [5, 5.41) is 3.42. The van der Waals surface area contributed by atoms with E-state index in [-0.39, 0.29) is 5.97 Å². The lowest BCUT2D eigenvalue weighted by molar-refractivity contribution is 0.0519. The average molecular weight is 433 g/mol. The van der Waals surface area contributed by atoms with E-state index in [4.69, 9.17) is 4.74 Å². The quantitative estimate of drug-likeness (QED) is 0.642. The van der Waals surface area contributed by atoms with Gasteiger partial charge in [-0.25, -0.2) is 13.2 Å². The molecule has 1 aromatic heterocycles. The molecule has 162 valence electrons. The third kappa shape index (κ3) is 3.73. The molecule has 2 aliphatic rings. The van der Waals surface area contributed by atoms with Gasteiger partial charge in [0.15, 0.2) is 0 Å². The van der Waals surface area contributed by atoms with Crippen LogP contribution in [-0.2, 0) is 21.3 Å². The number of sulfonamides is 1. The van der Waals surface area contributed by atoms with Gasteiger partial charge in [-0.3, -0.25) is 4.90 Å². The van der Waals surface area contributed by atoms with Crippen molar-refractivity contribution in [2.75, 3.05) is 25.0 Å². The number of H-pyrrole nitrogens is 1. The fraction of sp³-hybridized carbons (Fsp3) is 0.476. The van der Waals surface area contributed by atoms with Crippen LogP contribution in [0.5, 0.6) is 0 Å². The Morgan fingerprint density at radius 3 is 2.60 bits per heavy atom. The monoisotopic (exact) mass is 432 g/mol. The molecule has 9 heteroatoms. The van der Waals surface area contributed by atoms with E-state index in [2.05, 4.69) is 19.9 Å². The summed E-state index contributed by atoms with van der Waals surface area (Å²) in [6, 6.07) is 7.00. The molecule has 3 N–H and O–H groups in total. The van der Waals surface area contributed by atoms with Gasteiger partial charge < -0.3 is 15.0 Å². The number of piperidine rings is 1. The molecule has 0 radical (unpaired) electrons. The molecular formula is C21H28N4O4S. The summed E-state index contributed by atoms with van der Waals surface area (Å²) in [5.74, 6) is -0.332. The Labute approximate surface area is 177 Å². The molecule has 0 aliphatic carbocycles. The summed E-state index contributed by atoms with van der Waals surface area (Å²) >= 11 is 0. The van der Waals surface area contributed by atoms with Gasteiger partial charge in [0.25, 0.3) is 0 Å². The zero-order valence-electron chi connectivity index (χ0n) is 17.5. The van der Waals surface area contributed by atoms with Crippen molar-refractivity contribution in [2.45, 2.75) is 50.7 Å². The van der Waals surface area contributed by atoms with E-state index in [9.17, 15) is 13.2 Å². The number of hydrogen-bond donors (Lipinski definition) is 3. The molecule has 0 unspecified atom stereocenters. The summed E-state index contributed by atoms with van der Waals surface area (Å²) < 4.78 is 33.4. The molecule has 0 bridgehead atoms. The van der Waals surface area contributed by atoms with Gasteiger partial charge in [0.05, 0.1) is 12.3 Å². The minimum atomic E-state index is -3.54. The van der Waals surface area contributed by atoms with Crippen molar-refractivity contribution in [1.82, 2.24) is 14.6 Å². The number of nitrogens with zero attached hydrogens (tertiary/aromatic N) is 1. The van der Waals surface area contributed by atoms with Crippen LogP contribution in [-0.4, -0.2) is 49.6 Å². The first-order valence-electron chi connectivity index (χ1n) is 10.2. The van der Waals surface area contributed by atoms with Gasteiger partial charge in [-0.15, -0.1) is 0 Å². The number of benzene rings is 1. The average Bonchev–Trinajstić information content (AvgIpc) is 2.98. The van der Waals surface area contributed by atoms with E-state index in [0.29, 0.717) is 42.3 Å². The first-order chi connectivity index (χ1) is 14.2. The second-order valence-corrected chi connectivity index (χ2v) is 9.68. The van der Waals surface area contributed by atoms with Crippen molar-refractivity contribution in [3.8, 4) is 0 Å². The highest BCUT2D eigenvalue weighted by Crippen LogP contribution is 2.35. The molecule has 0 amide bonds. The third-order valence-electron chi connectivity index (χ3n) is 6.04. The van der Waals surface area contributed by atoms with Crippen LogP contribution in [0.1, 0.15) is 47.1 Å². The molecule has 1 aromatic carbocycles. The normalized spacial score (nSPS) is 19.8. The number of anilines is 1. The number of esters is 1. The molecule has 2 aliphatic heterocycles. The molecule has 2 aromatic rings. The fourth-order valence-corrected chi connectivity index (χ4v) is 5.92. The van der Waals surface area contributed by atoms with Gasteiger partial charge in [0, 0.05) is 25.3 Å². The summed E-state index contributed by atoms with van der Waals surface area (Å²) in [7, 11) is -3.54. The van der Waals surface area contributed by atoms with E-state index in [0.717, 1.165) is 29.9 Å². The molecule has 1 saturated heterocycles. The predicted octanol–water partition coefficient (Wildman–Crippen LogP) is 2.50. The van der Waals surface area contributed by atoms with Crippen LogP contribution in [0, 0.1) is 13.8 Å². The Morgan fingerprint density at radius 2 is 1.90 bits per heavy atom. The highest BCUT2D eigenvalue weighted by Gasteiger charge is 2.43. The first kappa shape index (κ1) is 20.9. The lowest BCUT2D eigenvalue weighted by Crippen LogP contribution is -2.61. The number of aromatic nitrogens is 1. The number of aromatic amines is 1. The van der Waals surface area contributed by atoms with E-state index < -0.39 is 15.7 Å². The maximum absolute atomic E-state index is 12.7. The van der Waals surface area contributed by atoms with Crippen LogP contribution < -0.4 is 10.0 Å². The van der Waals surface area contributed by atoms with Crippen LogP contribution in [0.4, 0.5) is 5.69 Å². The highest BCUT2D eigenvalue weighted by molar-refractivity contribution is 7.89. The van der Waals surface area contributed by atoms with Gasteiger partial charge in [-0.1, -0.05) is 12.1 Å². The Morgan fingerprint density at radius 1 is 1.20 bits per heavy atom. The van der Waals surface area contributed by atoms with Crippen molar-refractivity contribution >= 4 is 21.7 Å². The highest BCUT2D eigenvalue weighted by atomic mass is 32.2. The Balaban J connectivity index is 1.47. The lowest BCUT2D eigenvalue weighted by atomic mass is 9.96. The van der Waals surface area contributed by atoms with Crippen LogP contribution >= 0.6 is 0 Å². The molecule has 0 atom stereocenters. The van der Waals surface area contributed by atoms with Crippen molar-refractivity contribution in [2.24, 2.45) is 0 Å². The van der Waals surface area contributed by atoms with E-state index >= 15 is 0 Å². The number of nitrogens with one attached hydrogen (secondary N) is 3. The predicted molar refractivity (Wildman–Crippen MR) is 114 cm³/mol. The maximum atomic E-state index is 12.7. The number of fused-ring (bicyclic) bond motifs is 1. The number of likely N-dealkylation sites (tertiary alicyclic amines) is 1. The number of hydrogen-bond acceptors (Lipinski definition) is 6. The largest absolute Gasteiger partial charge is 0.461 e. The zero-order chi connectivity index (χ0) is 21.5. The third-order valence-corrected chi connectivity index (χ3v) is 7.64. The topological polar surface area (TPSA) is 104 Å². The second-order valence-electron chi connectivity index (χ2n) is 8.03. The van der Waals surface area contributed by atoms with Crippen molar-refractivity contribution in [3.63, 3.8) is 0 Å². The van der Waals surface area contributed by atoms with Crippen LogP contribution in [0.25, 0.3) is 0 Å². The van der Waals surface area contributed by atoms with Gasteiger partial charge in [-0.05, 0) is 56.9 Å². The van der Waals surface area contributed by atoms with Gasteiger partial charge in [-0.2, -0.15) is 4.72 Å². The smallest absolute Gasteiger partial charge is 0.355 e. The Hall–Kier alpha value is -2.36. The van der Waals surface area contributed by atoms with Gasteiger partial charge in [0.1, 0.15) is 16.3 Å². The maximum Gasteiger partial charge on any atom is 0.355 e. The van der Waals surface area contributed by atoms with E-state index in [1.807, 2.05) is 26.0 Å². The summed E-state index contributed by atoms with van der Waals surface area (Å²) in [4.78, 5) is 17.9. The number of carbonyl (C=O) groups excluding carboxylic acids is 1. The standard InChI is InChI=1S/C21H28N4O4S/c1-4-29-20(26)19-14(2)16(15(3)22-19)13-25-11-9-21(10-12-25)23-17-7-5-6-8-18(17)30(27,28)24-21/h5-8,22-24H,4,9-13H2,1-3H3. The van der Waals surface area contributed by atoms with Gasteiger partial charge in [0.2, 0.25) is 10.0 Å². The number of aryl methyl sites for hydroxylation is 1. The molecule has 1 fully saturated rings. The second kappa shape index (κ2) is 7.72. The SMILES string of the molecule is CCOC(=O)c1[nH]c(C)c(CN2CCC3(CC2)Nc2ccccc2S(=O)(=O)N3)c1C. The Bertz CT molecular complexity index is 1070. The number of ether oxygens (including phenoxy) is 1. The van der Waals surface area contributed by atoms with Crippen molar-refractivity contribution in [1.29, 1.82) is 0 Å². The van der Waals surface area contributed by atoms with E-state index in [1.165, 1.54) is 0 Å². The zero-order valence-corrected chi connectivity index (χ0v) is 18.4. The molecule has 3 heterocycles. The lowest BCUT2D eigenvalue weighted by Gasteiger charge is -2.45. The molecule has 4 rings (SSSR count). The molecule has 8 nitrogen and oxygen atoms in total. The number of rotatable bonds is 4. The number of carbonyl (C=O) groups is 1. The number of para-hydroxylation sites is 1. The molecule has 0 saturated carbocycles. The fourth-order valence-electron chi connectivity index (χ4n) is 4.38. The summed E-state index contributed by atoms with van der Waals surface area (Å²) in [6.07, 6.45) is 1.29.